The molecule has 0 bridgehead atoms. The van der Waals surface area contributed by atoms with E-state index in [4.69, 9.17) is 0 Å². The van der Waals surface area contributed by atoms with Gasteiger partial charge in [-0.1, -0.05) is 24.3 Å². The first-order chi connectivity index (χ1) is 12.2. The van der Waals surface area contributed by atoms with Crippen LogP contribution in [0.3, 0.4) is 0 Å². The highest BCUT2D eigenvalue weighted by Crippen LogP contribution is 2.19. The number of pyridine rings is 1. The van der Waals surface area contributed by atoms with Crippen molar-refractivity contribution in [1.82, 2.24) is 15.2 Å². The number of rotatable bonds is 3. The lowest BCUT2D eigenvalue weighted by Crippen LogP contribution is -2.43. The van der Waals surface area contributed by atoms with Gasteiger partial charge in [-0.25, -0.2) is 0 Å². The Morgan fingerprint density at radius 2 is 1.54 bits per heavy atom. The van der Waals surface area contributed by atoms with E-state index in [0.717, 1.165) is 37.0 Å². The van der Waals surface area contributed by atoms with Crippen LogP contribution in [0.5, 0.6) is 0 Å². The molecule has 1 aromatic heterocycles. The number of hydrogen-bond donors (Lipinski definition) is 2. The molecule has 6 heteroatoms. The summed E-state index contributed by atoms with van der Waals surface area (Å²) in [7, 11) is 0. The lowest BCUT2D eigenvalue weighted by Gasteiger charge is -2.24. The van der Waals surface area contributed by atoms with E-state index in [2.05, 4.69) is 10.6 Å². The highest BCUT2D eigenvalue weighted by molar-refractivity contribution is 5.94. The molecule has 0 unspecified atom stereocenters. The fraction of sp³-hybridized carbons (Fsp3) is 0.300. The second kappa shape index (κ2) is 7.89. The van der Waals surface area contributed by atoms with Gasteiger partial charge in [0.15, 0.2) is 5.43 Å². The van der Waals surface area contributed by atoms with Gasteiger partial charge in [0.25, 0.3) is 0 Å². The number of carbonyl (C=O) groups is 1. The molecule has 26 heavy (non-hydrogen) atoms. The first-order valence-electron chi connectivity index (χ1n) is 8.74. The molecule has 1 aliphatic heterocycles. The quantitative estimate of drug-likeness (QED) is 0.695. The largest absolute Gasteiger partial charge is 0.352 e. The topological polar surface area (TPSA) is 63.1 Å². The van der Waals surface area contributed by atoms with E-state index in [0.29, 0.717) is 10.8 Å². The van der Waals surface area contributed by atoms with Gasteiger partial charge < -0.3 is 15.2 Å². The van der Waals surface area contributed by atoms with Gasteiger partial charge in [0.1, 0.15) is 6.54 Å². The molecule has 2 aromatic carbocycles. The fourth-order valence-corrected chi connectivity index (χ4v) is 3.63. The molecule has 5 nitrogen and oxygen atoms in total. The van der Waals surface area contributed by atoms with Crippen LogP contribution in [0.1, 0.15) is 12.8 Å². The summed E-state index contributed by atoms with van der Waals surface area (Å²) in [6.07, 6.45) is 1.91. The molecular weight excluding hydrogens is 350 g/mol. The summed E-state index contributed by atoms with van der Waals surface area (Å²) in [4.78, 5) is 25.3. The third-order valence-corrected chi connectivity index (χ3v) is 4.88. The molecule has 0 saturated carbocycles. The Hall–Kier alpha value is -2.37. The molecule has 1 saturated heterocycles. The Balaban J connectivity index is 0.00000196. The zero-order valence-electron chi connectivity index (χ0n) is 14.4. The monoisotopic (exact) mass is 371 g/mol. The lowest BCUT2D eigenvalue weighted by atomic mass is 10.1. The van der Waals surface area contributed by atoms with Crippen LogP contribution in [0.25, 0.3) is 21.8 Å². The zero-order chi connectivity index (χ0) is 17.2. The molecular formula is C20H22ClN3O2. The van der Waals surface area contributed by atoms with E-state index < -0.39 is 0 Å². The van der Waals surface area contributed by atoms with Crippen molar-refractivity contribution in [3.8, 4) is 0 Å². The number of carbonyl (C=O) groups excluding carboxylic acids is 1. The molecule has 136 valence electrons. The van der Waals surface area contributed by atoms with E-state index in [-0.39, 0.29) is 36.3 Å². The van der Waals surface area contributed by atoms with Crippen LogP contribution in [0.4, 0.5) is 0 Å². The predicted molar refractivity (Wildman–Crippen MR) is 107 cm³/mol. The molecule has 2 heterocycles. The highest BCUT2D eigenvalue weighted by atomic mass is 35.5. The number of aromatic nitrogens is 1. The molecule has 1 amide bonds. The number of piperidine rings is 1. The van der Waals surface area contributed by atoms with Crippen molar-refractivity contribution in [2.24, 2.45) is 0 Å². The average Bonchev–Trinajstić information content (AvgIpc) is 2.66. The van der Waals surface area contributed by atoms with E-state index in [1.165, 1.54) is 0 Å². The molecule has 1 aliphatic rings. The Labute approximate surface area is 157 Å². The molecule has 0 atom stereocenters. The van der Waals surface area contributed by atoms with Gasteiger partial charge in [-0.3, -0.25) is 9.59 Å². The van der Waals surface area contributed by atoms with Crippen LogP contribution < -0.4 is 16.1 Å². The van der Waals surface area contributed by atoms with Crippen LogP contribution in [0.15, 0.2) is 53.3 Å². The van der Waals surface area contributed by atoms with Crippen LogP contribution in [0.2, 0.25) is 0 Å². The third kappa shape index (κ3) is 3.45. The van der Waals surface area contributed by atoms with E-state index in [9.17, 15) is 9.59 Å². The second-order valence-electron chi connectivity index (χ2n) is 6.54. The summed E-state index contributed by atoms with van der Waals surface area (Å²) in [6.45, 7) is 2.09. The van der Waals surface area contributed by atoms with Gasteiger partial charge in [0, 0.05) is 16.8 Å². The standard InChI is InChI=1S/C20H21N3O2.ClH/c24-19(22-14-9-11-21-12-10-14)13-23-17-7-3-1-5-15(17)20(25)16-6-2-4-8-18(16)23;/h1-8,14,21H,9-13H2,(H,22,24);1H. The number of nitrogens with zero attached hydrogens (tertiary/aromatic N) is 1. The van der Waals surface area contributed by atoms with Crippen molar-refractivity contribution >= 4 is 40.1 Å². The summed E-state index contributed by atoms with van der Waals surface area (Å²) in [6, 6.07) is 15.2. The predicted octanol–water partition coefficient (Wildman–Crippen LogP) is 2.44. The molecule has 1 fully saturated rings. The van der Waals surface area contributed by atoms with Crippen molar-refractivity contribution in [2.75, 3.05) is 13.1 Å². The van der Waals surface area contributed by atoms with Crippen LogP contribution >= 0.6 is 12.4 Å². The Morgan fingerprint density at radius 3 is 2.12 bits per heavy atom. The van der Waals surface area contributed by atoms with Crippen LogP contribution in [-0.4, -0.2) is 29.6 Å². The number of fused-ring (bicyclic) bond motifs is 2. The Morgan fingerprint density at radius 1 is 1.00 bits per heavy atom. The summed E-state index contributed by atoms with van der Waals surface area (Å²) in [5, 5.41) is 7.73. The first-order valence-corrected chi connectivity index (χ1v) is 8.74. The minimum atomic E-state index is -0.00847. The smallest absolute Gasteiger partial charge is 0.240 e. The van der Waals surface area contributed by atoms with Gasteiger partial charge in [0.2, 0.25) is 5.91 Å². The van der Waals surface area contributed by atoms with Crippen molar-refractivity contribution < 1.29 is 4.79 Å². The number of para-hydroxylation sites is 2. The van der Waals surface area contributed by atoms with Gasteiger partial charge in [-0.05, 0) is 50.2 Å². The molecule has 3 aromatic rings. The minimum Gasteiger partial charge on any atom is -0.352 e. The summed E-state index contributed by atoms with van der Waals surface area (Å²) in [5.74, 6) is -0.00847. The van der Waals surface area contributed by atoms with Gasteiger partial charge in [-0.2, -0.15) is 0 Å². The van der Waals surface area contributed by atoms with Crippen molar-refractivity contribution in [2.45, 2.75) is 25.4 Å². The summed E-state index contributed by atoms with van der Waals surface area (Å²) < 4.78 is 1.95. The maximum absolute atomic E-state index is 12.7. The van der Waals surface area contributed by atoms with Crippen LogP contribution in [-0.2, 0) is 11.3 Å². The maximum atomic E-state index is 12.7. The van der Waals surface area contributed by atoms with Gasteiger partial charge >= 0.3 is 0 Å². The van der Waals surface area contributed by atoms with Crippen molar-refractivity contribution in [3.05, 3.63) is 58.8 Å². The normalized spacial score (nSPS) is 14.9. The second-order valence-corrected chi connectivity index (χ2v) is 6.54. The number of nitrogens with one attached hydrogen (secondary N) is 2. The molecule has 0 radical (unpaired) electrons. The van der Waals surface area contributed by atoms with Crippen LogP contribution in [0, 0.1) is 0 Å². The molecule has 2 N–H and O–H groups in total. The Bertz CT molecular complexity index is 933. The highest BCUT2D eigenvalue weighted by Gasteiger charge is 2.17. The van der Waals surface area contributed by atoms with E-state index >= 15 is 0 Å². The Kier molecular flexibility index (Phi) is 5.59. The summed E-state index contributed by atoms with van der Waals surface area (Å²) in [5.41, 5.74) is 1.61. The fourth-order valence-electron chi connectivity index (χ4n) is 3.63. The van der Waals surface area contributed by atoms with Crippen molar-refractivity contribution in [3.63, 3.8) is 0 Å². The van der Waals surface area contributed by atoms with Gasteiger partial charge in [0.05, 0.1) is 11.0 Å². The first kappa shape index (κ1) is 18.4. The number of hydrogen-bond acceptors (Lipinski definition) is 3. The molecule has 4 rings (SSSR count). The molecule has 0 spiro atoms. The van der Waals surface area contributed by atoms with E-state index in [1.807, 2.05) is 53.1 Å². The average molecular weight is 372 g/mol. The lowest BCUT2D eigenvalue weighted by molar-refractivity contribution is -0.122. The molecule has 0 aliphatic carbocycles. The van der Waals surface area contributed by atoms with E-state index in [1.54, 1.807) is 0 Å². The zero-order valence-corrected chi connectivity index (χ0v) is 15.2. The van der Waals surface area contributed by atoms with Crippen molar-refractivity contribution in [1.29, 1.82) is 0 Å². The SMILES string of the molecule is Cl.O=C(Cn1c2ccccc2c(=O)c2ccccc21)NC1CCNCC1. The maximum Gasteiger partial charge on any atom is 0.240 e. The third-order valence-electron chi connectivity index (χ3n) is 4.88. The summed E-state index contributed by atoms with van der Waals surface area (Å²) >= 11 is 0. The number of amides is 1. The number of halogens is 1. The van der Waals surface area contributed by atoms with Gasteiger partial charge in [-0.15, -0.1) is 12.4 Å². The number of benzene rings is 2. The minimum absolute atomic E-state index is 0.